The Balaban J connectivity index is 2.32. The lowest BCUT2D eigenvalue weighted by Crippen LogP contribution is -1.93. The number of hydrogen-bond acceptors (Lipinski definition) is 4. The van der Waals surface area contributed by atoms with Gasteiger partial charge in [0, 0.05) is 33.7 Å². The summed E-state index contributed by atoms with van der Waals surface area (Å²) in [4.78, 5) is 10.3. The average Bonchev–Trinajstić information content (AvgIpc) is 2.65. The van der Waals surface area contributed by atoms with Crippen molar-refractivity contribution in [2.75, 3.05) is 5.75 Å². The molecule has 0 aromatic heterocycles. The van der Waals surface area contributed by atoms with E-state index in [2.05, 4.69) is 6.92 Å². The van der Waals surface area contributed by atoms with Crippen molar-refractivity contribution < 1.29 is 4.92 Å². The van der Waals surface area contributed by atoms with E-state index in [0.29, 0.717) is 10.3 Å². The van der Waals surface area contributed by atoms with E-state index in [1.165, 1.54) is 6.07 Å². The Hall–Kier alpha value is -0.390. The van der Waals surface area contributed by atoms with Crippen molar-refractivity contribution in [2.45, 2.75) is 16.8 Å². The van der Waals surface area contributed by atoms with Gasteiger partial charge in [-0.25, -0.2) is 0 Å². The molecule has 0 saturated carbocycles. The smallest absolute Gasteiger partial charge is 0.258 e. The summed E-state index contributed by atoms with van der Waals surface area (Å²) in [5, 5.41) is 11.9. The number of non-ortho nitro benzene ring substituents is 1. The molecule has 1 aromatic carbocycles. The van der Waals surface area contributed by atoms with Gasteiger partial charge >= 0.3 is 0 Å². The number of benzene rings is 1. The van der Waals surface area contributed by atoms with Crippen LogP contribution in [-0.2, 0) is 0 Å². The van der Waals surface area contributed by atoms with Gasteiger partial charge in [0.2, 0.25) is 0 Å². The van der Waals surface area contributed by atoms with Crippen molar-refractivity contribution in [3.63, 3.8) is 0 Å². The third kappa shape index (κ3) is 2.47. The van der Waals surface area contributed by atoms with Gasteiger partial charge < -0.3 is 0 Å². The summed E-state index contributed by atoms with van der Waals surface area (Å²) in [6, 6.07) is 4.64. The van der Waals surface area contributed by atoms with E-state index in [0.717, 1.165) is 11.3 Å². The fraction of sp³-hybridized carbons (Fsp3) is 0.400. The predicted molar refractivity (Wildman–Crippen MR) is 70.4 cm³/mol. The molecule has 2 unspecified atom stereocenters. The minimum absolute atomic E-state index is 0.111. The molecule has 2 rings (SSSR count). The van der Waals surface area contributed by atoms with Crippen molar-refractivity contribution in [1.29, 1.82) is 0 Å². The van der Waals surface area contributed by atoms with Gasteiger partial charge in [0.1, 0.15) is 0 Å². The first kappa shape index (κ1) is 12.1. The van der Waals surface area contributed by atoms with E-state index in [1.54, 1.807) is 23.9 Å². The van der Waals surface area contributed by atoms with E-state index in [1.807, 2.05) is 11.8 Å². The highest BCUT2D eigenvalue weighted by Gasteiger charge is 2.27. The Bertz CT molecular complexity index is 427. The SMILES string of the molecule is CC1CSC(c2cc([N+](=O)[O-])ccc2Cl)S1. The number of thioether (sulfide) groups is 2. The minimum atomic E-state index is -0.381. The maximum absolute atomic E-state index is 10.7. The monoisotopic (exact) mass is 275 g/mol. The zero-order chi connectivity index (χ0) is 11.7. The van der Waals surface area contributed by atoms with Crippen molar-refractivity contribution in [2.24, 2.45) is 0 Å². The standard InChI is InChI=1S/C10H10ClNO2S2/c1-6-5-15-10(16-6)8-4-7(12(13)14)2-3-9(8)11/h2-4,6,10H,5H2,1H3. The number of halogens is 1. The second kappa shape index (κ2) is 4.85. The molecule has 1 aliphatic rings. The van der Waals surface area contributed by atoms with Crippen molar-refractivity contribution in [1.82, 2.24) is 0 Å². The molecule has 6 heteroatoms. The Morgan fingerprint density at radius 1 is 1.56 bits per heavy atom. The summed E-state index contributed by atoms with van der Waals surface area (Å²) in [5.74, 6) is 1.06. The van der Waals surface area contributed by atoms with Crippen LogP contribution in [0.4, 0.5) is 5.69 Å². The molecule has 1 aromatic rings. The molecular formula is C10H10ClNO2S2. The third-order valence-electron chi connectivity index (χ3n) is 2.28. The zero-order valence-electron chi connectivity index (χ0n) is 8.55. The highest BCUT2D eigenvalue weighted by molar-refractivity contribution is 8.19. The largest absolute Gasteiger partial charge is 0.269 e. The van der Waals surface area contributed by atoms with Crippen LogP contribution in [0.5, 0.6) is 0 Å². The summed E-state index contributed by atoms with van der Waals surface area (Å²) >= 11 is 9.68. The molecule has 2 atom stereocenters. The van der Waals surface area contributed by atoms with Crippen LogP contribution in [0.25, 0.3) is 0 Å². The molecule has 3 nitrogen and oxygen atoms in total. The van der Waals surface area contributed by atoms with Gasteiger partial charge in [-0.2, -0.15) is 0 Å². The van der Waals surface area contributed by atoms with Crippen molar-refractivity contribution in [3.05, 3.63) is 38.9 Å². The number of hydrogen-bond donors (Lipinski definition) is 0. The Labute approximate surface area is 107 Å². The van der Waals surface area contributed by atoms with E-state index in [4.69, 9.17) is 11.6 Å². The van der Waals surface area contributed by atoms with Crippen molar-refractivity contribution >= 4 is 40.8 Å². The van der Waals surface area contributed by atoms with Crippen LogP contribution in [0, 0.1) is 10.1 Å². The molecule has 0 spiro atoms. The van der Waals surface area contributed by atoms with E-state index < -0.39 is 0 Å². The summed E-state index contributed by atoms with van der Waals surface area (Å²) in [5.41, 5.74) is 0.982. The van der Waals surface area contributed by atoms with Crippen LogP contribution >= 0.6 is 35.1 Å². The van der Waals surface area contributed by atoms with Crippen LogP contribution in [-0.4, -0.2) is 15.9 Å². The molecule has 0 bridgehead atoms. The second-order valence-corrected chi connectivity index (χ2v) is 6.97. The lowest BCUT2D eigenvalue weighted by Gasteiger charge is -2.10. The van der Waals surface area contributed by atoms with Crippen LogP contribution in [0.1, 0.15) is 17.1 Å². The third-order valence-corrected chi connectivity index (χ3v) is 5.96. The first-order chi connectivity index (χ1) is 7.58. The molecule has 0 N–H and O–H groups in total. The molecule has 0 radical (unpaired) electrons. The fourth-order valence-electron chi connectivity index (χ4n) is 1.50. The molecule has 1 heterocycles. The van der Waals surface area contributed by atoms with Crippen LogP contribution < -0.4 is 0 Å². The van der Waals surface area contributed by atoms with Crippen LogP contribution in [0.2, 0.25) is 5.02 Å². The average molecular weight is 276 g/mol. The highest BCUT2D eigenvalue weighted by Crippen LogP contribution is 2.51. The van der Waals surface area contributed by atoms with Crippen molar-refractivity contribution in [3.8, 4) is 0 Å². The Morgan fingerprint density at radius 2 is 2.31 bits per heavy atom. The van der Waals surface area contributed by atoms with Crippen LogP contribution in [0.3, 0.4) is 0 Å². The molecule has 86 valence electrons. The lowest BCUT2D eigenvalue weighted by atomic mass is 10.2. The van der Waals surface area contributed by atoms with Gasteiger partial charge in [-0.1, -0.05) is 18.5 Å². The van der Waals surface area contributed by atoms with Gasteiger partial charge in [0.05, 0.1) is 9.51 Å². The van der Waals surface area contributed by atoms with Crippen LogP contribution in [0.15, 0.2) is 18.2 Å². The molecule has 0 amide bonds. The molecule has 0 aliphatic carbocycles. The fourth-order valence-corrected chi connectivity index (χ4v) is 5.11. The van der Waals surface area contributed by atoms with Gasteiger partial charge in [-0.15, -0.1) is 23.5 Å². The summed E-state index contributed by atoms with van der Waals surface area (Å²) in [6.07, 6.45) is 0. The number of nitro benzene ring substituents is 1. The van der Waals surface area contributed by atoms with E-state index in [-0.39, 0.29) is 15.2 Å². The van der Waals surface area contributed by atoms with Gasteiger partial charge in [-0.05, 0) is 6.07 Å². The molecule has 1 aliphatic heterocycles. The van der Waals surface area contributed by atoms with Gasteiger partial charge in [-0.3, -0.25) is 10.1 Å². The molecule has 1 fully saturated rings. The zero-order valence-corrected chi connectivity index (χ0v) is 10.9. The van der Waals surface area contributed by atoms with Gasteiger partial charge in [0.25, 0.3) is 5.69 Å². The molecule has 16 heavy (non-hydrogen) atoms. The molecular weight excluding hydrogens is 266 g/mol. The Kier molecular flexibility index (Phi) is 3.66. The number of rotatable bonds is 2. The normalized spacial score (nSPS) is 24.6. The van der Waals surface area contributed by atoms with E-state index >= 15 is 0 Å². The summed E-state index contributed by atoms with van der Waals surface area (Å²) < 4.78 is 0.224. The minimum Gasteiger partial charge on any atom is -0.258 e. The second-order valence-electron chi connectivity index (χ2n) is 3.57. The summed E-state index contributed by atoms with van der Waals surface area (Å²) in [7, 11) is 0. The molecule has 1 saturated heterocycles. The highest BCUT2D eigenvalue weighted by atomic mass is 35.5. The summed E-state index contributed by atoms with van der Waals surface area (Å²) in [6.45, 7) is 2.16. The van der Waals surface area contributed by atoms with Gasteiger partial charge in [0.15, 0.2) is 0 Å². The quantitative estimate of drug-likeness (QED) is 0.602. The van der Waals surface area contributed by atoms with E-state index in [9.17, 15) is 10.1 Å². The predicted octanol–water partition coefficient (Wildman–Crippen LogP) is 4.12. The Morgan fingerprint density at radius 3 is 2.88 bits per heavy atom. The topological polar surface area (TPSA) is 43.1 Å². The number of nitro groups is 1. The maximum Gasteiger partial charge on any atom is 0.269 e. The first-order valence-electron chi connectivity index (χ1n) is 4.79. The number of nitrogens with zero attached hydrogens (tertiary/aromatic N) is 1. The maximum atomic E-state index is 10.7. The lowest BCUT2D eigenvalue weighted by molar-refractivity contribution is -0.384. The first-order valence-corrected chi connectivity index (χ1v) is 7.16.